The molecule has 2 N–H and O–H groups in total. The lowest BCUT2D eigenvalue weighted by atomic mass is 10.3. The van der Waals surface area contributed by atoms with E-state index >= 15 is 0 Å². The fourth-order valence-electron chi connectivity index (χ4n) is 2.47. The Labute approximate surface area is 117 Å². The molecular weight excluding hydrogens is 256 g/mol. The number of H-pyrrole nitrogens is 1. The van der Waals surface area contributed by atoms with Crippen molar-refractivity contribution in [2.24, 2.45) is 0 Å². The van der Waals surface area contributed by atoms with E-state index in [1.807, 2.05) is 6.92 Å². The summed E-state index contributed by atoms with van der Waals surface area (Å²) in [5.41, 5.74) is 1.59. The van der Waals surface area contributed by atoms with E-state index in [9.17, 15) is 0 Å². The van der Waals surface area contributed by atoms with Gasteiger partial charge in [-0.1, -0.05) is 0 Å². The van der Waals surface area contributed by atoms with Crippen molar-refractivity contribution in [3.8, 4) is 0 Å². The van der Waals surface area contributed by atoms with Crippen LogP contribution in [0, 0.1) is 0 Å². The van der Waals surface area contributed by atoms with Gasteiger partial charge < -0.3 is 19.9 Å². The number of nitrogens with one attached hydrogen (secondary N) is 2. The number of fused-ring (bicyclic) bond motifs is 1. The van der Waals surface area contributed by atoms with Crippen LogP contribution in [0.25, 0.3) is 11.2 Å². The predicted molar refractivity (Wildman–Crippen MR) is 78.1 cm³/mol. The maximum Gasteiger partial charge on any atom is 0.226 e. The number of hydrogen-bond acceptors (Lipinski definition) is 6. The van der Waals surface area contributed by atoms with Crippen molar-refractivity contribution in [2.75, 3.05) is 36.5 Å². The minimum absolute atomic E-state index is 0.202. The number of anilines is 2. The van der Waals surface area contributed by atoms with Crippen molar-refractivity contribution in [3.63, 3.8) is 0 Å². The number of ether oxygens (including phenoxy) is 1. The van der Waals surface area contributed by atoms with Crippen LogP contribution in [-0.4, -0.2) is 52.3 Å². The largest absolute Gasteiger partial charge is 0.377 e. The number of imidazole rings is 1. The molecular formula is C13H20N6O. The lowest BCUT2D eigenvalue weighted by molar-refractivity contribution is 0.0820. The van der Waals surface area contributed by atoms with Gasteiger partial charge in [0.25, 0.3) is 0 Å². The monoisotopic (exact) mass is 276 g/mol. The Morgan fingerprint density at radius 2 is 2.40 bits per heavy atom. The first-order valence-electron chi connectivity index (χ1n) is 7.09. The van der Waals surface area contributed by atoms with Crippen molar-refractivity contribution >= 4 is 22.9 Å². The van der Waals surface area contributed by atoms with Crippen molar-refractivity contribution in [1.29, 1.82) is 0 Å². The topological polar surface area (TPSA) is 79.0 Å². The molecule has 0 aromatic carbocycles. The van der Waals surface area contributed by atoms with Crippen LogP contribution in [0.1, 0.15) is 20.3 Å². The van der Waals surface area contributed by atoms with Crippen LogP contribution in [0.5, 0.6) is 0 Å². The summed E-state index contributed by atoms with van der Waals surface area (Å²) in [6.45, 7) is 7.47. The maximum absolute atomic E-state index is 5.70. The molecule has 1 aliphatic rings. The number of aromatic nitrogens is 4. The second-order valence-electron chi connectivity index (χ2n) is 4.98. The summed E-state index contributed by atoms with van der Waals surface area (Å²) < 4.78 is 5.70. The average molecular weight is 276 g/mol. The van der Waals surface area contributed by atoms with E-state index < -0.39 is 0 Å². The van der Waals surface area contributed by atoms with Crippen LogP contribution in [0.3, 0.4) is 0 Å². The van der Waals surface area contributed by atoms with Gasteiger partial charge in [-0.25, -0.2) is 4.98 Å². The summed E-state index contributed by atoms with van der Waals surface area (Å²) >= 11 is 0. The fourth-order valence-corrected chi connectivity index (χ4v) is 2.47. The number of aromatic amines is 1. The highest BCUT2D eigenvalue weighted by atomic mass is 16.5. The summed E-state index contributed by atoms with van der Waals surface area (Å²) in [5.74, 6) is 1.53. The van der Waals surface area contributed by atoms with Gasteiger partial charge in [0, 0.05) is 26.2 Å². The van der Waals surface area contributed by atoms with E-state index in [0.717, 1.165) is 44.0 Å². The lowest BCUT2D eigenvalue weighted by Crippen LogP contribution is -2.31. The molecule has 0 amide bonds. The normalized spacial score (nSPS) is 20.1. The smallest absolute Gasteiger partial charge is 0.226 e. The molecule has 7 heteroatoms. The molecule has 0 spiro atoms. The third-order valence-corrected chi connectivity index (χ3v) is 3.35. The maximum atomic E-state index is 5.70. The van der Waals surface area contributed by atoms with Crippen LogP contribution in [-0.2, 0) is 4.74 Å². The molecule has 0 aliphatic carbocycles. The Bertz CT molecular complexity index is 583. The molecule has 1 fully saturated rings. The fraction of sp³-hybridized carbons (Fsp3) is 0.615. The Kier molecular flexibility index (Phi) is 3.68. The molecule has 2 aromatic rings. The highest BCUT2D eigenvalue weighted by Crippen LogP contribution is 2.24. The molecule has 0 bridgehead atoms. The van der Waals surface area contributed by atoms with Crippen LogP contribution >= 0.6 is 0 Å². The molecule has 1 atom stereocenters. The zero-order chi connectivity index (χ0) is 13.9. The second kappa shape index (κ2) is 5.62. The highest BCUT2D eigenvalue weighted by Gasteiger charge is 2.20. The van der Waals surface area contributed by atoms with Crippen molar-refractivity contribution in [3.05, 3.63) is 6.33 Å². The average Bonchev–Trinajstić information content (AvgIpc) is 2.79. The lowest BCUT2D eigenvalue weighted by Gasteiger charge is -2.23. The molecule has 3 heterocycles. The van der Waals surface area contributed by atoms with Gasteiger partial charge >= 0.3 is 0 Å². The highest BCUT2D eigenvalue weighted by molar-refractivity contribution is 5.84. The minimum Gasteiger partial charge on any atom is -0.377 e. The third-order valence-electron chi connectivity index (χ3n) is 3.35. The number of nitrogens with zero attached hydrogens (tertiary/aromatic N) is 4. The Hall–Kier alpha value is -1.89. The van der Waals surface area contributed by atoms with E-state index in [1.54, 1.807) is 6.33 Å². The van der Waals surface area contributed by atoms with Gasteiger partial charge in [-0.15, -0.1) is 0 Å². The number of rotatable bonds is 3. The summed E-state index contributed by atoms with van der Waals surface area (Å²) in [6.07, 6.45) is 2.87. The van der Waals surface area contributed by atoms with E-state index in [-0.39, 0.29) is 6.10 Å². The molecule has 7 nitrogen and oxygen atoms in total. The van der Waals surface area contributed by atoms with Gasteiger partial charge in [-0.3, -0.25) is 0 Å². The van der Waals surface area contributed by atoms with Crippen LogP contribution in [0.15, 0.2) is 6.33 Å². The Morgan fingerprint density at radius 1 is 1.50 bits per heavy atom. The third kappa shape index (κ3) is 2.53. The molecule has 108 valence electrons. The van der Waals surface area contributed by atoms with Crippen molar-refractivity contribution in [1.82, 2.24) is 19.9 Å². The SMILES string of the molecule is CCNc1nc(N2CCCOC(C)C2)c2[nH]cnc2n1. The molecule has 1 unspecified atom stereocenters. The molecule has 1 aliphatic heterocycles. The molecule has 1 saturated heterocycles. The first kappa shape index (κ1) is 13.1. The summed E-state index contributed by atoms with van der Waals surface area (Å²) in [7, 11) is 0. The van der Waals surface area contributed by atoms with Gasteiger partial charge in [0.1, 0.15) is 5.52 Å². The number of hydrogen-bond donors (Lipinski definition) is 2. The molecule has 2 aromatic heterocycles. The summed E-state index contributed by atoms with van der Waals surface area (Å²) in [6, 6.07) is 0. The quantitative estimate of drug-likeness (QED) is 0.882. The predicted octanol–water partition coefficient (Wildman–Crippen LogP) is 1.40. The van der Waals surface area contributed by atoms with Gasteiger partial charge in [-0.2, -0.15) is 9.97 Å². The first-order valence-corrected chi connectivity index (χ1v) is 7.09. The first-order chi connectivity index (χ1) is 9.78. The van der Waals surface area contributed by atoms with E-state index in [4.69, 9.17) is 4.74 Å². The van der Waals surface area contributed by atoms with E-state index in [0.29, 0.717) is 11.6 Å². The second-order valence-corrected chi connectivity index (χ2v) is 4.98. The van der Waals surface area contributed by atoms with Gasteiger partial charge in [0.15, 0.2) is 11.5 Å². The summed E-state index contributed by atoms with van der Waals surface area (Å²) in [5, 5.41) is 3.16. The molecule has 0 radical (unpaired) electrons. The summed E-state index contributed by atoms with van der Waals surface area (Å²) in [4.78, 5) is 18.7. The van der Waals surface area contributed by atoms with E-state index in [1.165, 1.54) is 0 Å². The zero-order valence-corrected chi connectivity index (χ0v) is 11.9. The Morgan fingerprint density at radius 3 is 3.25 bits per heavy atom. The van der Waals surface area contributed by atoms with Crippen molar-refractivity contribution < 1.29 is 4.74 Å². The van der Waals surface area contributed by atoms with Crippen LogP contribution in [0.4, 0.5) is 11.8 Å². The molecule has 0 saturated carbocycles. The van der Waals surface area contributed by atoms with Gasteiger partial charge in [0.2, 0.25) is 5.95 Å². The van der Waals surface area contributed by atoms with Gasteiger partial charge in [0.05, 0.1) is 12.4 Å². The van der Waals surface area contributed by atoms with Crippen LogP contribution in [0.2, 0.25) is 0 Å². The zero-order valence-electron chi connectivity index (χ0n) is 11.9. The molecule has 20 heavy (non-hydrogen) atoms. The van der Waals surface area contributed by atoms with Gasteiger partial charge in [-0.05, 0) is 20.3 Å². The van der Waals surface area contributed by atoms with Crippen LogP contribution < -0.4 is 10.2 Å². The van der Waals surface area contributed by atoms with Crippen molar-refractivity contribution in [2.45, 2.75) is 26.4 Å². The Balaban J connectivity index is 2.01. The van der Waals surface area contributed by atoms with E-state index in [2.05, 4.69) is 37.1 Å². The molecule has 3 rings (SSSR count). The minimum atomic E-state index is 0.202. The standard InChI is InChI=1S/C13H20N6O/c1-3-14-13-17-11-10(15-8-16-11)12(18-13)19-5-4-6-20-9(2)7-19/h8-9H,3-7H2,1-2H3,(H2,14,15,16,17,18).